The Bertz CT molecular complexity index is 1170. The van der Waals surface area contributed by atoms with Gasteiger partial charge in [0.25, 0.3) is 0 Å². The van der Waals surface area contributed by atoms with Crippen molar-refractivity contribution in [1.82, 2.24) is 25.1 Å². The molecule has 11 heteroatoms. The van der Waals surface area contributed by atoms with Gasteiger partial charge in [-0.15, -0.1) is 20.4 Å². The first-order valence-corrected chi connectivity index (χ1v) is 8.92. The predicted molar refractivity (Wildman–Crippen MR) is 117 cm³/mol. The Hall–Kier alpha value is -4.67. The van der Waals surface area contributed by atoms with Gasteiger partial charge in [0.1, 0.15) is 0 Å². The van der Waals surface area contributed by atoms with Gasteiger partial charge in [0.2, 0.25) is 11.9 Å². The Labute approximate surface area is 171 Å². The third-order valence-electron chi connectivity index (χ3n) is 4.11. The summed E-state index contributed by atoms with van der Waals surface area (Å²) >= 11 is 0. The summed E-state index contributed by atoms with van der Waals surface area (Å²) in [6.45, 7) is 0. The van der Waals surface area contributed by atoms with Crippen LogP contribution in [-0.2, 0) is 0 Å². The molecular weight excluding hydrogens is 382 g/mol. The first kappa shape index (κ1) is 18.7. The molecule has 2 heterocycles. The molecule has 0 saturated heterocycles. The number of nitrogens with two attached hydrogens (primary N) is 3. The average molecular weight is 401 g/mol. The molecular formula is C19H19N11. The van der Waals surface area contributed by atoms with Gasteiger partial charge in [-0.3, -0.25) is 0 Å². The molecule has 150 valence electrons. The highest BCUT2D eigenvalue weighted by Crippen LogP contribution is 2.24. The molecule has 0 atom stereocenters. The standard InChI is InChI=1S/C19H19N11/c20-17(25-16-11-10-13(26-27-16)12-6-2-1-3-7-12)23-14-8-4-5-9-15(14)24-19-29-28-18(21)30(19)22/h1-11H,22H2,(H2,21,28)(H,24,29)(H3,20,23,25,27). The first-order chi connectivity index (χ1) is 14.6. The summed E-state index contributed by atoms with van der Waals surface area (Å²) in [6.07, 6.45) is 0. The molecule has 4 rings (SSSR count). The fourth-order valence-electron chi connectivity index (χ4n) is 2.65. The molecule has 0 aliphatic carbocycles. The smallest absolute Gasteiger partial charge is 0.249 e. The van der Waals surface area contributed by atoms with E-state index >= 15 is 0 Å². The molecule has 0 amide bonds. The molecule has 30 heavy (non-hydrogen) atoms. The number of hydrogen-bond acceptors (Lipinski definition) is 8. The van der Waals surface area contributed by atoms with E-state index in [-0.39, 0.29) is 17.9 Å². The van der Waals surface area contributed by atoms with E-state index in [2.05, 4.69) is 36.0 Å². The molecule has 0 spiro atoms. The molecule has 0 saturated carbocycles. The van der Waals surface area contributed by atoms with E-state index in [1.165, 1.54) is 0 Å². The zero-order chi connectivity index (χ0) is 20.9. The van der Waals surface area contributed by atoms with Crippen LogP contribution in [0.1, 0.15) is 0 Å². The number of para-hydroxylation sites is 2. The summed E-state index contributed by atoms with van der Waals surface area (Å²) in [7, 11) is 0. The maximum absolute atomic E-state index is 6.05. The van der Waals surface area contributed by atoms with Gasteiger partial charge >= 0.3 is 0 Å². The predicted octanol–water partition coefficient (Wildman–Crippen LogP) is 1.83. The van der Waals surface area contributed by atoms with Crippen LogP contribution < -0.4 is 27.9 Å². The van der Waals surface area contributed by atoms with Gasteiger partial charge in [-0.05, 0) is 24.3 Å². The van der Waals surface area contributed by atoms with Crippen LogP contribution in [-0.4, -0.2) is 31.0 Å². The molecule has 0 aliphatic rings. The zero-order valence-corrected chi connectivity index (χ0v) is 15.8. The summed E-state index contributed by atoms with van der Waals surface area (Å²) in [5.74, 6) is 6.65. The molecule has 11 nitrogen and oxygen atoms in total. The average Bonchev–Trinajstić information content (AvgIpc) is 3.08. The van der Waals surface area contributed by atoms with Crippen molar-refractivity contribution in [3.8, 4) is 11.3 Å². The van der Waals surface area contributed by atoms with E-state index in [4.69, 9.17) is 17.3 Å². The summed E-state index contributed by atoms with van der Waals surface area (Å²) in [5, 5.41) is 22.0. The second kappa shape index (κ2) is 8.14. The number of aliphatic imine (C=N–C) groups is 1. The molecule has 0 unspecified atom stereocenters. The minimum atomic E-state index is 0.0848. The van der Waals surface area contributed by atoms with Crippen molar-refractivity contribution in [1.29, 1.82) is 0 Å². The van der Waals surface area contributed by atoms with Crippen molar-refractivity contribution in [2.24, 2.45) is 10.7 Å². The van der Waals surface area contributed by atoms with Crippen molar-refractivity contribution in [2.75, 3.05) is 22.2 Å². The van der Waals surface area contributed by atoms with Crippen LogP contribution in [0.3, 0.4) is 0 Å². The molecule has 0 fully saturated rings. The third-order valence-corrected chi connectivity index (χ3v) is 4.11. The van der Waals surface area contributed by atoms with Crippen LogP contribution in [0, 0.1) is 0 Å². The fourth-order valence-corrected chi connectivity index (χ4v) is 2.65. The number of hydrogen-bond donors (Lipinski definition) is 5. The molecule has 4 aromatic rings. The quantitative estimate of drug-likeness (QED) is 0.190. The van der Waals surface area contributed by atoms with Gasteiger partial charge in [0, 0.05) is 5.56 Å². The lowest BCUT2D eigenvalue weighted by Gasteiger charge is -2.12. The number of nitrogens with zero attached hydrogens (tertiary/aromatic N) is 6. The molecule has 2 aromatic heterocycles. The van der Waals surface area contributed by atoms with E-state index < -0.39 is 0 Å². The van der Waals surface area contributed by atoms with E-state index in [0.29, 0.717) is 17.2 Å². The highest BCUT2D eigenvalue weighted by molar-refractivity contribution is 5.97. The summed E-state index contributed by atoms with van der Waals surface area (Å²) in [5.41, 5.74) is 14.7. The number of rotatable bonds is 5. The van der Waals surface area contributed by atoms with E-state index in [1.54, 1.807) is 6.07 Å². The normalized spacial score (nSPS) is 11.3. The van der Waals surface area contributed by atoms with Gasteiger partial charge < -0.3 is 27.9 Å². The van der Waals surface area contributed by atoms with Crippen LogP contribution in [0.25, 0.3) is 11.3 Å². The number of anilines is 4. The summed E-state index contributed by atoms with van der Waals surface area (Å²) in [6, 6.07) is 20.6. The Morgan fingerprint density at radius 1 is 0.833 bits per heavy atom. The topological polar surface area (TPSA) is 171 Å². The summed E-state index contributed by atoms with van der Waals surface area (Å²) < 4.78 is 1.14. The Morgan fingerprint density at radius 3 is 2.23 bits per heavy atom. The number of nitrogens with one attached hydrogen (secondary N) is 2. The van der Waals surface area contributed by atoms with Gasteiger partial charge in [-0.2, -0.15) is 9.67 Å². The van der Waals surface area contributed by atoms with Crippen LogP contribution >= 0.6 is 0 Å². The van der Waals surface area contributed by atoms with Crippen molar-refractivity contribution in [2.45, 2.75) is 0 Å². The highest BCUT2D eigenvalue weighted by Gasteiger charge is 2.10. The van der Waals surface area contributed by atoms with Gasteiger partial charge in [-0.1, -0.05) is 42.5 Å². The zero-order valence-electron chi connectivity index (χ0n) is 15.8. The van der Waals surface area contributed by atoms with Crippen molar-refractivity contribution in [3.05, 3.63) is 66.7 Å². The minimum absolute atomic E-state index is 0.0848. The van der Waals surface area contributed by atoms with Crippen molar-refractivity contribution >= 4 is 35.0 Å². The first-order valence-electron chi connectivity index (χ1n) is 8.92. The molecule has 2 aromatic carbocycles. The second-order valence-electron chi connectivity index (χ2n) is 6.19. The van der Waals surface area contributed by atoms with E-state index in [9.17, 15) is 0 Å². The second-order valence-corrected chi connectivity index (χ2v) is 6.19. The SMILES string of the molecule is NC(=Nc1ccc(-c2ccccc2)nn1)Nc1ccccc1Nc1nnc(N)n1N. The third kappa shape index (κ3) is 4.09. The maximum Gasteiger partial charge on any atom is 0.249 e. The van der Waals surface area contributed by atoms with Gasteiger partial charge in [-0.25, -0.2) is 0 Å². The van der Waals surface area contributed by atoms with E-state index in [0.717, 1.165) is 15.9 Å². The molecule has 0 bridgehead atoms. The monoisotopic (exact) mass is 401 g/mol. The Kier molecular flexibility index (Phi) is 5.07. The largest absolute Gasteiger partial charge is 0.369 e. The van der Waals surface area contributed by atoms with Crippen LogP contribution in [0.4, 0.5) is 29.1 Å². The lowest BCUT2D eigenvalue weighted by Crippen LogP contribution is -2.23. The maximum atomic E-state index is 6.05. The number of benzene rings is 2. The minimum Gasteiger partial charge on any atom is -0.369 e. The van der Waals surface area contributed by atoms with Crippen LogP contribution in [0.5, 0.6) is 0 Å². The Balaban J connectivity index is 1.50. The van der Waals surface area contributed by atoms with Gasteiger partial charge in [0.15, 0.2) is 11.8 Å². The lowest BCUT2D eigenvalue weighted by atomic mass is 10.1. The Morgan fingerprint density at radius 2 is 1.57 bits per heavy atom. The lowest BCUT2D eigenvalue weighted by molar-refractivity contribution is 1.02. The van der Waals surface area contributed by atoms with Gasteiger partial charge in [0.05, 0.1) is 17.1 Å². The number of nitrogen functional groups attached to an aromatic ring is 2. The molecule has 0 aliphatic heterocycles. The van der Waals surface area contributed by atoms with Crippen molar-refractivity contribution in [3.63, 3.8) is 0 Å². The van der Waals surface area contributed by atoms with Crippen LogP contribution in [0.2, 0.25) is 0 Å². The highest BCUT2D eigenvalue weighted by atomic mass is 15.5. The van der Waals surface area contributed by atoms with Crippen molar-refractivity contribution < 1.29 is 0 Å². The fraction of sp³-hybridized carbons (Fsp3) is 0. The molecule has 0 radical (unpaired) electrons. The number of aromatic nitrogens is 5. The molecule has 8 N–H and O–H groups in total. The number of guanidine groups is 1. The summed E-state index contributed by atoms with van der Waals surface area (Å²) in [4.78, 5) is 4.26. The van der Waals surface area contributed by atoms with E-state index in [1.807, 2.05) is 60.7 Å². The van der Waals surface area contributed by atoms with Crippen LogP contribution in [0.15, 0.2) is 71.7 Å².